The Bertz CT molecular complexity index is 501. The first-order chi connectivity index (χ1) is 8.35. The molecule has 0 bridgehead atoms. The third kappa shape index (κ3) is 2.30. The number of nitrogens with zero attached hydrogens (tertiary/aromatic N) is 4. The van der Waals surface area contributed by atoms with Crippen molar-refractivity contribution in [1.82, 2.24) is 19.9 Å². The summed E-state index contributed by atoms with van der Waals surface area (Å²) in [6.07, 6.45) is 5.85. The lowest BCUT2D eigenvalue weighted by Gasteiger charge is -1.97. The van der Waals surface area contributed by atoms with Gasteiger partial charge in [0.25, 0.3) is 0 Å². The molecule has 1 fully saturated rings. The third-order valence-corrected chi connectivity index (χ3v) is 2.71. The van der Waals surface area contributed by atoms with Gasteiger partial charge in [0.05, 0.1) is 12.4 Å². The molecule has 90 valence electrons. The second-order valence-corrected chi connectivity index (χ2v) is 4.14. The Labute approximate surface area is 98.6 Å². The smallest absolute Gasteiger partial charge is 0.229 e. The van der Waals surface area contributed by atoms with Crippen molar-refractivity contribution in [2.45, 2.75) is 38.8 Å². The van der Waals surface area contributed by atoms with E-state index in [-0.39, 0.29) is 0 Å². The predicted molar refractivity (Wildman–Crippen MR) is 58.5 cm³/mol. The highest BCUT2D eigenvalue weighted by Crippen LogP contribution is 2.38. The molecule has 0 aromatic carbocycles. The summed E-state index contributed by atoms with van der Waals surface area (Å²) in [6.45, 7) is 3.18. The summed E-state index contributed by atoms with van der Waals surface area (Å²) in [7, 11) is 0. The van der Waals surface area contributed by atoms with Gasteiger partial charge in [-0.15, -0.1) is 0 Å². The first-order valence-corrected chi connectivity index (χ1v) is 5.83. The summed E-state index contributed by atoms with van der Waals surface area (Å²) in [6, 6.07) is 0. The second-order valence-electron chi connectivity index (χ2n) is 4.14. The molecule has 1 aliphatic carbocycles. The fraction of sp³-hybridized carbons (Fsp3) is 0.545. The van der Waals surface area contributed by atoms with Crippen molar-refractivity contribution < 1.29 is 9.26 Å². The van der Waals surface area contributed by atoms with E-state index >= 15 is 0 Å². The van der Waals surface area contributed by atoms with Crippen LogP contribution in [0.2, 0.25) is 0 Å². The predicted octanol–water partition coefficient (Wildman–Crippen LogP) is 1.74. The molecule has 1 aliphatic rings. The molecule has 0 radical (unpaired) electrons. The monoisotopic (exact) mass is 234 g/mol. The number of ether oxygens (including phenoxy) is 1. The SMILES string of the molecule is CCn1cc(OCc2noc(C3CC3)n2)cn1. The van der Waals surface area contributed by atoms with Crippen molar-refractivity contribution in [2.75, 3.05) is 0 Å². The van der Waals surface area contributed by atoms with Gasteiger partial charge in [-0.1, -0.05) is 5.16 Å². The van der Waals surface area contributed by atoms with Crippen molar-refractivity contribution in [1.29, 1.82) is 0 Å². The molecule has 0 atom stereocenters. The molecular formula is C11H14N4O2. The maximum Gasteiger partial charge on any atom is 0.229 e. The average Bonchev–Trinajstić information content (AvgIpc) is 2.93. The van der Waals surface area contributed by atoms with Gasteiger partial charge in [-0.3, -0.25) is 4.68 Å². The number of aromatic nitrogens is 4. The molecule has 2 aromatic heterocycles. The van der Waals surface area contributed by atoms with Crippen LogP contribution in [-0.2, 0) is 13.2 Å². The lowest BCUT2D eigenvalue weighted by Crippen LogP contribution is -1.97. The number of hydrogen-bond acceptors (Lipinski definition) is 5. The fourth-order valence-electron chi connectivity index (χ4n) is 1.56. The van der Waals surface area contributed by atoms with Crippen LogP contribution in [0.1, 0.15) is 37.4 Å². The Balaban J connectivity index is 1.58. The molecule has 3 rings (SSSR count). The van der Waals surface area contributed by atoms with Crippen molar-refractivity contribution >= 4 is 0 Å². The Kier molecular flexibility index (Phi) is 2.55. The van der Waals surface area contributed by atoms with Crippen LogP contribution in [0.5, 0.6) is 5.75 Å². The first kappa shape index (κ1) is 10.3. The summed E-state index contributed by atoms with van der Waals surface area (Å²) in [5, 5.41) is 8.00. The van der Waals surface area contributed by atoms with Gasteiger partial charge in [0, 0.05) is 12.5 Å². The molecule has 0 amide bonds. The van der Waals surface area contributed by atoms with Gasteiger partial charge >= 0.3 is 0 Å². The fourth-order valence-corrected chi connectivity index (χ4v) is 1.56. The van der Waals surface area contributed by atoms with E-state index in [0.29, 0.717) is 18.3 Å². The number of rotatable bonds is 5. The standard InChI is InChI=1S/C11H14N4O2/c1-2-15-6-9(5-12-15)16-7-10-13-11(17-14-10)8-3-4-8/h5-6,8H,2-4,7H2,1H3. The highest BCUT2D eigenvalue weighted by molar-refractivity contribution is 5.12. The molecule has 0 aliphatic heterocycles. The summed E-state index contributed by atoms with van der Waals surface area (Å²) in [4.78, 5) is 4.28. The van der Waals surface area contributed by atoms with Crippen LogP contribution < -0.4 is 4.74 Å². The normalized spacial score (nSPS) is 15.1. The summed E-state index contributed by atoms with van der Waals surface area (Å²) >= 11 is 0. The zero-order valence-corrected chi connectivity index (χ0v) is 9.67. The molecule has 0 N–H and O–H groups in total. The van der Waals surface area contributed by atoms with E-state index in [1.54, 1.807) is 10.9 Å². The van der Waals surface area contributed by atoms with Crippen LogP contribution in [0.3, 0.4) is 0 Å². The minimum absolute atomic E-state index is 0.325. The van der Waals surface area contributed by atoms with Crippen LogP contribution in [-0.4, -0.2) is 19.9 Å². The zero-order chi connectivity index (χ0) is 11.7. The molecule has 6 heteroatoms. The zero-order valence-electron chi connectivity index (χ0n) is 9.67. The van der Waals surface area contributed by atoms with Crippen LogP contribution in [0.15, 0.2) is 16.9 Å². The highest BCUT2D eigenvalue weighted by Gasteiger charge is 2.29. The largest absolute Gasteiger partial charge is 0.482 e. The lowest BCUT2D eigenvalue weighted by atomic mass is 10.4. The Hall–Kier alpha value is -1.85. The summed E-state index contributed by atoms with van der Waals surface area (Å²) in [5.74, 6) is 2.55. The van der Waals surface area contributed by atoms with Crippen molar-refractivity contribution in [3.63, 3.8) is 0 Å². The van der Waals surface area contributed by atoms with Crippen LogP contribution in [0, 0.1) is 0 Å². The van der Waals surface area contributed by atoms with E-state index in [9.17, 15) is 0 Å². The van der Waals surface area contributed by atoms with Crippen LogP contribution in [0.25, 0.3) is 0 Å². The maximum absolute atomic E-state index is 5.52. The van der Waals surface area contributed by atoms with E-state index in [2.05, 4.69) is 15.2 Å². The molecule has 17 heavy (non-hydrogen) atoms. The van der Waals surface area contributed by atoms with Gasteiger partial charge in [0.2, 0.25) is 11.7 Å². The molecule has 2 aromatic rings. The van der Waals surface area contributed by atoms with Gasteiger partial charge in [-0.05, 0) is 19.8 Å². The third-order valence-electron chi connectivity index (χ3n) is 2.71. The Morgan fingerprint density at radius 1 is 1.53 bits per heavy atom. The van der Waals surface area contributed by atoms with Crippen LogP contribution >= 0.6 is 0 Å². The average molecular weight is 234 g/mol. The van der Waals surface area contributed by atoms with E-state index in [0.717, 1.165) is 31.0 Å². The molecule has 2 heterocycles. The van der Waals surface area contributed by atoms with Crippen molar-refractivity contribution in [2.24, 2.45) is 0 Å². The molecule has 0 unspecified atom stereocenters. The first-order valence-electron chi connectivity index (χ1n) is 5.83. The van der Waals surface area contributed by atoms with Gasteiger partial charge in [0.15, 0.2) is 12.4 Å². The lowest BCUT2D eigenvalue weighted by molar-refractivity contribution is 0.285. The van der Waals surface area contributed by atoms with E-state index in [1.165, 1.54) is 0 Å². The van der Waals surface area contributed by atoms with Crippen molar-refractivity contribution in [3.05, 3.63) is 24.1 Å². The van der Waals surface area contributed by atoms with Crippen LogP contribution in [0.4, 0.5) is 0 Å². The van der Waals surface area contributed by atoms with E-state index in [4.69, 9.17) is 9.26 Å². The van der Waals surface area contributed by atoms with E-state index in [1.807, 2.05) is 13.1 Å². The molecule has 6 nitrogen and oxygen atoms in total. The summed E-state index contributed by atoms with van der Waals surface area (Å²) in [5.41, 5.74) is 0. The number of hydrogen-bond donors (Lipinski definition) is 0. The quantitative estimate of drug-likeness (QED) is 0.788. The van der Waals surface area contributed by atoms with E-state index < -0.39 is 0 Å². The topological polar surface area (TPSA) is 66.0 Å². The maximum atomic E-state index is 5.52. The molecule has 0 saturated heterocycles. The Morgan fingerprint density at radius 2 is 2.41 bits per heavy atom. The van der Waals surface area contributed by atoms with Gasteiger partial charge in [-0.25, -0.2) is 0 Å². The number of aryl methyl sites for hydroxylation is 1. The summed E-state index contributed by atoms with van der Waals surface area (Å²) < 4.78 is 12.5. The Morgan fingerprint density at radius 3 is 3.12 bits per heavy atom. The van der Waals surface area contributed by atoms with Gasteiger partial charge < -0.3 is 9.26 Å². The van der Waals surface area contributed by atoms with Gasteiger partial charge in [0.1, 0.15) is 0 Å². The highest BCUT2D eigenvalue weighted by atomic mass is 16.5. The van der Waals surface area contributed by atoms with Crippen molar-refractivity contribution in [3.8, 4) is 5.75 Å². The van der Waals surface area contributed by atoms with Gasteiger partial charge in [-0.2, -0.15) is 10.1 Å². The minimum atomic E-state index is 0.325. The molecule has 1 saturated carbocycles. The minimum Gasteiger partial charge on any atom is -0.482 e. The molecule has 0 spiro atoms. The second kappa shape index (κ2) is 4.20. The molecular weight excluding hydrogens is 220 g/mol.